The zero-order valence-corrected chi connectivity index (χ0v) is 15.1. The van der Waals surface area contributed by atoms with Gasteiger partial charge >= 0.3 is 0 Å². The molecule has 5 nitrogen and oxygen atoms in total. The minimum Gasteiger partial charge on any atom is -0.468 e. The quantitative estimate of drug-likeness (QED) is 0.641. The van der Waals surface area contributed by atoms with Gasteiger partial charge < -0.3 is 4.42 Å². The van der Waals surface area contributed by atoms with Crippen LogP contribution in [0.5, 0.6) is 0 Å². The molecule has 0 unspecified atom stereocenters. The van der Waals surface area contributed by atoms with Crippen molar-refractivity contribution in [3.63, 3.8) is 0 Å². The van der Waals surface area contributed by atoms with Crippen molar-refractivity contribution in [3.8, 4) is 0 Å². The van der Waals surface area contributed by atoms with Gasteiger partial charge in [-0.1, -0.05) is 48.0 Å². The first-order valence-electron chi connectivity index (χ1n) is 8.16. The number of ketones is 1. The SMILES string of the molecule is Cc1ccc(S(=O)(=O)N[C@@H](CC(=O)c2ccccc2)c2ccco2)cc1. The molecule has 6 heteroatoms. The third-order valence-electron chi connectivity index (χ3n) is 4.00. The van der Waals surface area contributed by atoms with Crippen LogP contribution in [-0.2, 0) is 10.0 Å². The molecule has 1 atom stereocenters. The molecule has 0 aliphatic heterocycles. The Bertz CT molecular complexity index is 962. The molecule has 3 rings (SSSR count). The predicted molar refractivity (Wildman–Crippen MR) is 98.3 cm³/mol. The zero-order chi connectivity index (χ0) is 18.6. The molecule has 1 N–H and O–H groups in total. The topological polar surface area (TPSA) is 76.4 Å². The Morgan fingerprint density at radius 2 is 1.69 bits per heavy atom. The maximum atomic E-state index is 12.7. The summed E-state index contributed by atoms with van der Waals surface area (Å²) in [5.41, 5.74) is 1.49. The van der Waals surface area contributed by atoms with E-state index < -0.39 is 16.1 Å². The molecule has 0 amide bonds. The maximum absolute atomic E-state index is 12.7. The van der Waals surface area contributed by atoms with Gasteiger partial charge in [-0.3, -0.25) is 4.79 Å². The highest BCUT2D eigenvalue weighted by molar-refractivity contribution is 7.89. The van der Waals surface area contributed by atoms with E-state index in [0.29, 0.717) is 11.3 Å². The van der Waals surface area contributed by atoms with Gasteiger partial charge in [0.1, 0.15) is 5.76 Å². The Balaban J connectivity index is 1.85. The summed E-state index contributed by atoms with van der Waals surface area (Å²) in [6.07, 6.45) is 1.41. The second-order valence-electron chi connectivity index (χ2n) is 6.00. The first kappa shape index (κ1) is 18.1. The van der Waals surface area contributed by atoms with Gasteiger partial charge in [-0.15, -0.1) is 0 Å². The van der Waals surface area contributed by atoms with Crippen LogP contribution in [0, 0.1) is 6.92 Å². The number of aryl methyl sites for hydroxylation is 1. The van der Waals surface area contributed by atoms with Crippen molar-refractivity contribution >= 4 is 15.8 Å². The lowest BCUT2D eigenvalue weighted by atomic mass is 10.0. The van der Waals surface area contributed by atoms with E-state index in [2.05, 4.69) is 4.72 Å². The third kappa shape index (κ3) is 4.28. The van der Waals surface area contributed by atoms with Crippen molar-refractivity contribution in [2.24, 2.45) is 0 Å². The summed E-state index contributed by atoms with van der Waals surface area (Å²) in [6, 6.07) is 17.8. The van der Waals surface area contributed by atoms with E-state index in [-0.39, 0.29) is 17.1 Å². The van der Waals surface area contributed by atoms with Gasteiger partial charge in [-0.25, -0.2) is 13.1 Å². The van der Waals surface area contributed by atoms with Crippen molar-refractivity contribution in [1.29, 1.82) is 0 Å². The van der Waals surface area contributed by atoms with Crippen LogP contribution in [0.15, 0.2) is 82.3 Å². The summed E-state index contributed by atoms with van der Waals surface area (Å²) >= 11 is 0. The van der Waals surface area contributed by atoms with Crippen LogP contribution in [0.3, 0.4) is 0 Å². The van der Waals surface area contributed by atoms with Crippen LogP contribution in [0.25, 0.3) is 0 Å². The lowest BCUT2D eigenvalue weighted by Crippen LogP contribution is -2.30. The van der Waals surface area contributed by atoms with Crippen molar-refractivity contribution in [1.82, 2.24) is 4.72 Å². The molecule has 0 radical (unpaired) electrons. The molecule has 2 aromatic carbocycles. The number of benzene rings is 2. The van der Waals surface area contributed by atoms with Crippen molar-refractivity contribution in [2.45, 2.75) is 24.3 Å². The normalized spacial score (nSPS) is 12.7. The van der Waals surface area contributed by atoms with E-state index in [1.54, 1.807) is 48.5 Å². The van der Waals surface area contributed by atoms with Gasteiger partial charge in [-0.05, 0) is 31.2 Å². The highest BCUT2D eigenvalue weighted by atomic mass is 32.2. The Morgan fingerprint density at radius 1 is 1.00 bits per heavy atom. The number of rotatable bonds is 7. The Hall–Kier alpha value is -2.70. The first-order chi connectivity index (χ1) is 12.5. The van der Waals surface area contributed by atoms with E-state index >= 15 is 0 Å². The van der Waals surface area contributed by atoms with Crippen LogP contribution >= 0.6 is 0 Å². The molecule has 0 saturated carbocycles. The number of sulfonamides is 1. The fourth-order valence-corrected chi connectivity index (χ4v) is 3.79. The molecule has 3 aromatic rings. The number of carbonyl (C=O) groups is 1. The Kier molecular flexibility index (Phi) is 5.35. The summed E-state index contributed by atoms with van der Waals surface area (Å²) in [7, 11) is -3.79. The molecule has 1 aromatic heterocycles. The van der Waals surface area contributed by atoms with E-state index in [1.807, 2.05) is 13.0 Å². The van der Waals surface area contributed by atoms with Crippen molar-refractivity contribution in [2.75, 3.05) is 0 Å². The monoisotopic (exact) mass is 369 g/mol. The number of carbonyl (C=O) groups excluding carboxylic acids is 1. The average molecular weight is 369 g/mol. The van der Waals surface area contributed by atoms with E-state index in [4.69, 9.17) is 4.42 Å². The molecule has 1 heterocycles. The summed E-state index contributed by atoms with van der Waals surface area (Å²) < 4.78 is 33.3. The Morgan fingerprint density at radius 3 is 2.31 bits per heavy atom. The van der Waals surface area contributed by atoms with Gasteiger partial charge in [0, 0.05) is 12.0 Å². The minimum absolute atomic E-state index is 0.0391. The van der Waals surface area contributed by atoms with E-state index in [0.717, 1.165) is 5.56 Å². The van der Waals surface area contributed by atoms with Crippen LogP contribution < -0.4 is 4.72 Å². The predicted octanol–water partition coefficient (Wildman–Crippen LogP) is 3.88. The van der Waals surface area contributed by atoms with Crippen LogP contribution in [0.1, 0.15) is 34.1 Å². The molecule has 0 bridgehead atoms. The molecule has 26 heavy (non-hydrogen) atoms. The summed E-state index contributed by atoms with van der Waals surface area (Å²) in [6.45, 7) is 1.88. The maximum Gasteiger partial charge on any atom is 0.241 e. The molecule has 0 fully saturated rings. The van der Waals surface area contributed by atoms with Crippen molar-refractivity contribution < 1.29 is 17.6 Å². The highest BCUT2D eigenvalue weighted by Crippen LogP contribution is 2.23. The van der Waals surface area contributed by atoms with Gasteiger partial charge in [-0.2, -0.15) is 0 Å². The van der Waals surface area contributed by atoms with Crippen LogP contribution in [0.2, 0.25) is 0 Å². The number of nitrogens with one attached hydrogen (secondary N) is 1. The van der Waals surface area contributed by atoms with Crippen molar-refractivity contribution in [3.05, 3.63) is 89.9 Å². The molecule has 0 saturated heterocycles. The fraction of sp³-hybridized carbons (Fsp3) is 0.150. The van der Waals surface area contributed by atoms with E-state index in [9.17, 15) is 13.2 Å². The van der Waals surface area contributed by atoms with Gasteiger partial charge in [0.15, 0.2) is 5.78 Å². The molecule has 134 valence electrons. The standard InChI is InChI=1S/C20H19NO4S/c1-15-9-11-17(12-10-15)26(23,24)21-18(20-8-5-13-25-20)14-19(22)16-6-3-2-4-7-16/h2-13,18,21H,14H2,1H3/t18-/m0/s1. The fourth-order valence-electron chi connectivity index (χ4n) is 2.59. The summed E-state index contributed by atoms with van der Waals surface area (Å²) in [4.78, 5) is 12.7. The molecule has 0 aliphatic rings. The second kappa shape index (κ2) is 7.68. The van der Waals surface area contributed by atoms with Gasteiger partial charge in [0.25, 0.3) is 0 Å². The van der Waals surface area contributed by atoms with Gasteiger partial charge in [0.05, 0.1) is 17.2 Å². The number of Topliss-reactive ketones (excluding diaryl/α,β-unsaturated/α-hetero) is 1. The smallest absolute Gasteiger partial charge is 0.241 e. The molecule has 0 spiro atoms. The molecule has 0 aliphatic carbocycles. The first-order valence-corrected chi connectivity index (χ1v) is 9.65. The average Bonchev–Trinajstić information content (AvgIpc) is 3.17. The van der Waals surface area contributed by atoms with Crippen LogP contribution in [0.4, 0.5) is 0 Å². The second-order valence-corrected chi connectivity index (χ2v) is 7.71. The number of hydrogen-bond donors (Lipinski definition) is 1. The Labute approximate surface area is 152 Å². The molecular weight excluding hydrogens is 350 g/mol. The van der Waals surface area contributed by atoms with E-state index in [1.165, 1.54) is 18.4 Å². The molecular formula is C20H19NO4S. The lowest BCUT2D eigenvalue weighted by Gasteiger charge is -2.16. The van der Waals surface area contributed by atoms with Crippen LogP contribution in [-0.4, -0.2) is 14.2 Å². The lowest BCUT2D eigenvalue weighted by molar-refractivity contribution is 0.0968. The third-order valence-corrected chi connectivity index (χ3v) is 5.49. The number of hydrogen-bond acceptors (Lipinski definition) is 4. The minimum atomic E-state index is -3.79. The number of furan rings is 1. The van der Waals surface area contributed by atoms with Gasteiger partial charge in [0.2, 0.25) is 10.0 Å². The largest absolute Gasteiger partial charge is 0.468 e. The highest BCUT2D eigenvalue weighted by Gasteiger charge is 2.26. The summed E-state index contributed by atoms with van der Waals surface area (Å²) in [5, 5.41) is 0. The summed E-state index contributed by atoms with van der Waals surface area (Å²) in [5.74, 6) is 0.226. The zero-order valence-electron chi connectivity index (χ0n) is 14.3.